The first kappa shape index (κ1) is 12.9. The van der Waals surface area contributed by atoms with E-state index in [4.69, 9.17) is 10.5 Å². The highest BCUT2D eigenvalue weighted by molar-refractivity contribution is 9.10. The van der Waals surface area contributed by atoms with Crippen molar-refractivity contribution in [2.24, 2.45) is 12.8 Å². The van der Waals surface area contributed by atoms with Gasteiger partial charge in [-0.3, -0.25) is 14.6 Å². The molecule has 2 rings (SSSR count). The van der Waals surface area contributed by atoms with Crippen LogP contribution in [0.4, 0.5) is 0 Å². The first-order valence-electron chi connectivity index (χ1n) is 5.40. The van der Waals surface area contributed by atoms with Crippen molar-refractivity contribution in [3.63, 3.8) is 0 Å². The standard InChI is InChI=1S/C12H14BrN3O2/c1-16-12(17)9(6-14)11(15-16)8-5-7(13)3-4-10(8)18-2/h3-5,15H,6,14H2,1-2H3. The summed E-state index contributed by atoms with van der Waals surface area (Å²) in [6.07, 6.45) is 0. The number of hydrogen-bond acceptors (Lipinski definition) is 3. The van der Waals surface area contributed by atoms with E-state index >= 15 is 0 Å². The Balaban J connectivity index is 2.72. The third kappa shape index (κ3) is 2.09. The van der Waals surface area contributed by atoms with E-state index in [-0.39, 0.29) is 12.1 Å². The molecule has 2 aromatic rings. The highest BCUT2D eigenvalue weighted by atomic mass is 79.9. The van der Waals surface area contributed by atoms with Crippen LogP contribution in [0, 0.1) is 0 Å². The highest BCUT2D eigenvalue weighted by Gasteiger charge is 2.16. The van der Waals surface area contributed by atoms with Crippen LogP contribution in [0.3, 0.4) is 0 Å². The second kappa shape index (κ2) is 4.99. The molecule has 6 heteroatoms. The maximum Gasteiger partial charge on any atom is 0.271 e. The van der Waals surface area contributed by atoms with E-state index in [0.717, 1.165) is 10.0 Å². The lowest BCUT2D eigenvalue weighted by molar-refractivity contribution is 0.416. The molecule has 1 aromatic carbocycles. The highest BCUT2D eigenvalue weighted by Crippen LogP contribution is 2.32. The van der Waals surface area contributed by atoms with Gasteiger partial charge in [-0.05, 0) is 18.2 Å². The number of halogens is 1. The van der Waals surface area contributed by atoms with Crippen molar-refractivity contribution >= 4 is 15.9 Å². The summed E-state index contributed by atoms with van der Waals surface area (Å²) in [4.78, 5) is 11.9. The number of ether oxygens (including phenoxy) is 1. The van der Waals surface area contributed by atoms with E-state index in [1.807, 2.05) is 18.2 Å². The van der Waals surface area contributed by atoms with Gasteiger partial charge in [0.25, 0.3) is 5.56 Å². The van der Waals surface area contributed by atoms with Crippen LogP contribution in [0.2, 0.25) is 0 Å². The summed E-state index contributed by atoms with van der Waals surface area (Å²) in [7, 11) is 3.26. The fraction of sp³-hybridized carbons (Fsp3) is 0.250. The molecule has 0 saturated heterocycles. The van der Waals surface area contributed by atoms with Crippen LogP contribution in [0.1, 0.15) is 5.56 Å². The van der Waals surface area contributed by atoms with Gasteiger partial charge in [-0.15, -0.1) is 0 Å². The Hall–Kier alpha value is -1.53. The van der Waals surface area contributed by atoms with Gasteiger partial charge >= 0.3 is 0 Å². The van der Waals surface area contributed by atoms with Crippen molar-refractivity contribution in [2.45, 2.75) is 6.54 Å². The molecule has 0 spiro atoms. The second-order valence-corrected chi connectivity index (χ2v) is 4.79. The molecule has 1 heterocycles. The number of aryl methyl sites for hydroxylation is 1. The van der Waals surface area contributed by atoms with Crippen LogP contribution >= 0.6 is 15.9 Å². The molecule has 0 saturated carbocycles. The predicted octanol–water partition coefficient (Wildman–Crippen LogP) is 1.61. The maximum absolute atomic E-state index is 11.9. The summed E-state index contributed by atoms with van der Waals surface area (Å²) in [6.45, 7) is 0.182. The fourth-order valence-corrected chi connectivity index (χ4v) is 2.24. The number of aromatic amines is 1. The molecule has 0 aliphatic heterocycles. The zero-order valence-corrected chi connectivity index (χ0v) is 11.7. The molecule has 0 aliphatic rings. The molecule has 1 aromatic heterocycles. The molecule has 0 aliphatic carbocycles. The number of methoxy groups -OCH3 is 1. The molecule has 0 amide bonds. The molecule has 0 radical (unpaired) electrons. The van der Waals surface area contributed by atoms with Crippen LogP contribution < -0.4 is 16.0 Å². The monoisotopic (exact) mass is 311 g/mol. The van der Waals surface area contributed by atoms with E-state index in [2.05, 4.69) is 21.0 Å². The van der Waals surface area contributed by atoms with Gasteiger partial charge in [0.1, 0.15) is 5.75 Å². The minimum Gasteiger partial charge on any atom is -0.496 e. The van der Waals surface area contributed by atoms with Gasteiger partial charge in [0.2, 0.25) is 0 Å². The van der Waals surface area contributed by atoms with Crippen LogP contribution in [0.15, 0.2) is 27.5 Å². The third-order valence-corrected chi connectivity index (χ3v) is 3.27. The third-order valence-electron chi connectivity index (χ3n) is 2.78. The minimum atomic E-state index is -0.116. The summed E-state index contributed by atoms with van der Waals surface area (Å²) in [6, 6.07) is 5.61. The zero-order valence-electron chi connectivity index (χ0n) is 10.2. The fourth-order valence-electron chi connectivity index (χ4n) is 1.88. The molecule has 0 unspecified atom stereocenters. The minimum absolute atomic E-state index is 0.116. The van der Waals surface area contributed by atoms with Gasteiger partial charge in [-0.25, -0.2) is 0 Å². The zero-order chi connectivity index (χ0) is 13.3. The van der Waals surface area contributed by atoms with Crippen LogP contribution in [0.25, 0.3) is 11.3 Å². The quantitative estimate of drug-likeness (QED) is 0.904. The first-order valence-corrected chi connectivity index (χ1v) is 6.19. The normalized spacial score (nSPS) is 10.7. The molecule has 5 nitrogen and oxygen atoms in total. The van der Waals surface area contributed by atoms with Crippen molar-refractivity contribution in [1.82, 2.24) is 9.78 Å². The average Bonchev–Trinajstić information content (AvgIpc) is 2.65. The molecular formula is C12H14BrN3O2. The van der Waals surface area contributed by atoms with Crippen LogP contribution in [-0.2, 0) is 13.6 Å². The smallest absolute Gasteiger partial charge is 0.271 e. The van der Waals surface area contributed by atoms with E-state index in [1.165, 1.54) is 4.68 Å². The average molecular weight is 312 g/mol. The second-order valence-electron chi connectivity index (χ2n) is 3.88. The largest absolute Gasteiger partial charge is 0.496 e. The molecule has 0 fully saturated rings. The number of hydrogen-bond donors (Lipinski definition) is 2. The summed E-state index contributed by atoms with van der Waals surface area (Å²) in [5, 5.41) is 3.01. The predicted molar refractivity (Wildman–Crippen MR) is 73.6 cm³/mol. The van der Waals surface area contributed by atoms with Crippen LogP contribution in [0.5, 0.6) is 5.75 Å². The number of nitrogens with one attached hydrogen (secondary N) is 1. The summed E-state index contributed by atoms with van der Waals surface area (Å²) >= 11 is 3.41. The Labute approximate surface area is 113 Å². The van der Waals surface area contributed by atoms with Gasteiger partial charge in [-0.2, -0.15) is 0 Å². The summed E-state index contributed by atoms with van der Waals surface area (Å²) in [5.74, 6) is 0.690. The number of rotatable bonds is 3. The van der Waals surface area contributed by atoms with Crippen molar-refractivity contribution in [3.05, 3.63) is 38.6 Å². The Morgan fingerprint density at radius 2 is 2.22 bits per heavy atom. The summed E-state index contributed by atoms with van der Waals surface area (Å²) < 4.78 is 7.63. The first-order chi connectivity index (χ1) is 8.58. The lowest BCUT2D eigenvalue weighted by atomic mass is 10.1. The molecular weight excluding hydrogens is 298 g/mol. The van der Waals surface area contributed by atoms with Gasteiger partial charge < -0.3 is 10.5 Å². The maximum atomic E-state index is 11.9. The Kier molecular flexibility index (Phi) is 3.58. The van der Waals surface area contributed by atoms with Gasteiger partial charge in [-0.1, -0.05) is 15.9 Å². The SMILES string of the molecule is COc1ccc(Br)cc1-c1[nH]n(C)c(=O)c1CN. The van der Waals surface area contributed by atoms with Gasteiger partial charge in [0, 0.05) is 23.6 Å². The number of nitrogens with zero attached hydrogens (tertiary/aromatic N) is 1. The lowest BCUT2D eigenvalue weighted by Crippen LogP contribution is -2.17. The molecule has 3 N–H and O–H groups in total. The molecule has 18 heavy (non-hydrogen) atoms. The Morgan fingerprint density at radius 1 is 1.50 bits per heavy atom. The molecule has 96 valence electrons. The Morgan fingerprint density at radius 3 is 2.83 bits per heavy atom. The van der Waals surface area contributed by atoms with Crippen LogP contribution in [-0.4, -0.2) is 16.9 Å². The van der Waals surface area contributed by atoms with E-state index in [0.29, 0.717) is 17.0 Å². The van der Waals surface area contributed by atoms with E-state index < -0.39 is 0 Å². The number of H-pyrrole nitrogens is 1. The Bertz CT molecular complexity index is 631. The number of nitrogens with two attached hydrogens (primary N) is 1. The van der Waals surface area contributed by atoms with E-state index in [9.17, 15) is 4.79 Å². The van der Waals surface area contributed by atoms with Crippen molar-refractivity contribution in [3.8, 4) is 17.0 Å². The molecule has 0 atom stereocenters. The molecule has 0 bridgehead atoms. The van der Waals surface area contributed by atoms with Crippen molar-refractivity contribution < 1.29 is 4.74 Å². The van der Waals surface area contributed by atoms with Gasteiger partial charge in [0.15, 0.2) is 0 Å². The topological polar surface area (TPSA) is 73.0 Å². The van der Waals surface area contributed by atoms with Gasteiger partial charge in [0.05, 0.1) is 18.4 Å². The number of benzene rings is 1. The lowest BCUT2D eigenvalue weighted by Gasteiger charge is -2.08. The summed E-state index contributed by atoms with van der Waals surface area (Å²) in [5.41, 5.74) is 7.59. The number of aromatic nitrogens is 2. The van der Waals surface area contributed by atoms with Crippen molar-refractivity contribution in [2.75, 3.05) is 7.11 Å². The van der Waals surface area contributed by atoms with E-state index in [1.54, 1.807) is 14.2 Å². The van der Waals surface area contributed by atoms with Crippen molar-refractivity contribution in [1.29, 1.82) is 0 Å².